The van der Waals surface area contributed by atoms with Crippen LogP contribution in [0, 0.1) is 11.7 Å². The number of aromatic hydroxyl groups is 1. The summed E-state index contributed by atoms with van der Waals surface area (Å²) in [6.45, 7) is 1.69. The molecule has 0 aromatic heterocycles. The number of phenolic OH excluding ortho intramolecular Hbond substituents is 1. The molecule has 0 unspecified atom stereocenters. The molecule has 4 nitrogen and oxygen atoms in total. The number of carbonyl (C=O) groups is 1. The lowest BCUT2D eigenvalue weighted by Crippen LogP contribution is -2.30. The van der Waals surface area contributed by atoms with E-state index in [0.29, 0.717) is 25.6 Å². The second kappa shape index (κ2) is 4.71. The Morgan fingerprint density at radius 2 is 2.35 bits per heavy atom. The Balaban J connectivity index is 2.17. The first-order valence-corrected chi connectivity index (χ1v) is 5.59. The van der Waals surface area contributed by atoms with Crippen molar-refractivity contribution < 1.29 is 14.3 Å². The number of rotatable bonds is 2. The summed E-state index contributed by atoms with van der Waals surface area (Å²) < 4.78 is 13.5. The number of benzene rings is 1. The SMILES string of the molecule is NC[C@H]1CCN(C(=O)c2cc(O)ccc2F)C1. The van der Waals surface area contributed by atoms with Gasteiger partial charge in [0.05, 0.1) is 5.56 Å². The third kappa shape index (κ3) is 2.39. The monoisotopic (exact) mass is 238 g/mol. The van der Waals surface area contributed by atoms with E-state index in [0.717, 1.165) is 18.6 Å². The van der Waals surface area contributed by atoms with Crippen LogP contribution >= 0.6 is 0 Å². The highest BCUT2D eigenvalue weighted by Gasteiger charge is 2.27. The molecule has 2 rings (SSSR count). The largest absolute Gasteiger partial charge is 0.508 e. The fourth-order valence-corrected chi connectivity index (χ4v) is 2.06. The van der Waals surface area contributed by atoms with Gasteiger partial charge < -0.3 is 15.7 Å². The average molecular weight is 238 g/mol. The van der Waals surface area contributed by atoms with E-state index in [2.05, 4.69) is 0 Å². The molecule has 1 atom stereocenters. The fraction of sp³-hybridized carbons (Fsp3) is 0.417. The van der Waals surface area contributed by atoms with Gasteiger partial charge in [-0.05, 0) is 37.1 Å². The van der Waals surface area contributed by atoms with Gasteiger partial charge in [0.25, 0.3) is 5.91 Å². The van der Waals surface area contributed by atoms with Gasteiger partial charge in [0.2, 0.25) is 0 Å². The molecule has 0 spiro atoms. The Hall–Kier alpha value is -1.62. The molecule has 1 saturated heterocycles. The lowest BCUT2D eigenvalue weighted by atomic mass is 10.1. The van der Waals surface area contributed by atoms with Crippen molar-refractivity contribution in [1.29, 1.82) is 0 Å². The van der Waals surface area contributed by atoms with Crippen molar-refractivity contribution in [3.05, 3.63) is 29.6 Å². The van der Waals surface area contributed by atoms with Gasteiger partial charge in [-0.1, -0.05) is 0 Å². The minimum atomic E-state index is -0.607. The highest BCUT2D eigenvalue weighted by Crippen LogP contribution is 2.21. The van der Waals surface area contributed by atoms with Gasteiger partial charge in [-0.3, -0.25) is 4.79 Å². The van der Waals surface area contributed by atoms with Crippen LogP contribution in [-0.2, 0) is 0 Å². The molecule has 1 aromatic carbocycles. The van der Waals surface area contributed by atoms with Crippen molar-refractivity contribution in [2.45, 2.75) is 6.42 Å². The molecule has 1 aliphatic rings. The third-order valence-corrected chi connectivity index (χ3v) is 3.09. The van der Waals surface area contributed by atoms with Crippen molar-refractivity contribution >= 4 is 5.91 Å². The van der Waals surface area contributed by atoms with Crippen LogP contribution in [0.15, 0.2) is 18.2 Å². The first kappa shape index (κ1) is 11.9. The van der Waals surface area contributed by atoms with E-state index in [-0.39, 0.29) is 17.2 Å². The number of carbonyl (C=O) groups excluding carboxylic acids is 1. The van der Waals surface area contributed by atoms with Gasteiger partial charge in [-0.15, -0.1) is 0 Å². The number of amides is 1. The maximum absolute atomic E-state index is 13.5. The number of hydrogen-bond donors (Lipinski definition) is 2. The Labute approximate surface area is 98.8 Å². The van der Waals surface area contributed by atoms with E-state index in [4.69, 9.17) is 5.73 Å². The maximum Gasteiger partial charge on any atom is 0.256 e. The summed E-state index contributed by atoms with van der Waals surface area (Å²) in [4.78, 5) is 13.6. The molecular weight excluding hydrogens is 223 g/mol. The first-order chi connectivity index (χ1) is 8.11. The lowest BCUT2D eigenvalue weighted by Gasteiger charge is -2.16. The van der Waals surface area contributed by atoms with Crippen LogP contribution in [0.25, 0.3) is 0 Å². The van der Waals surface area contributed by atoms with Crippen molar-refractivity contribution in [3.63, 3.8) is 0 Å². The van der Waals surface area contributed by atoms with Crippen LogP contribution in [0.4, 0.5) is 4.39 Å². The van der Waals surface area contributed by atoms with Crippen LogP contribution in [-0.4, -0.2) is 35.5 Å². The number of halogens is 1. The third-order valence-electron chi connectivity index (χ3n) is 3.09. The van der Waals surface area contributed by atoms with Gasteiger partial charge in [0.15, 0.2) is 0 Å². The first-order valence-electron chi connectivity index (χ1n) is 5.59. The van der Waals surface area contributed by atoms with E-state index < -0.39 is 5.82 Å². The lowest BCUT2D eigenvalue weighted by molar-refractivity contribution is 0.0782. The Morgan fingerprint density at radius 3 is 3.00 bits per heavy atom. The zero-order valence-corrected chi connectivity index (χ0v) is 9.40. The van der Waals surface area contributed by atoms with E-state index in [1.54, 1.807) is 4.90 Å². The summed E-state index contributed by atoms with van der Waals surface area (Å²) in [5, 5.41) is 9.27. The zero-order valence-electron chi connectivity index (χ0n) is 9.40. The van der Waals surface area contributed by atoms with Gasteiger partial charge in [-0.2, -0.15) is 0 Å². The van der Waals surface area contributed by atoms with E-state index in [1.807, 2.05) is 0 Å². The molecule has 3 N–H and O–H groups in total. The second-order valence-corrected chi connectivity index (χ2v) is 4.31. The Kier molecular flexibility index (Phi) is 3.28. The van der Waals surface area contributed by atoms with Crippen LogP contribution in [0.5, 0.6) is 5.75 Å². The fourth-order valence-electron chi connectivity index (χ4n) is 2.06. The van der Waals surface area contributed by atoms with Gasteiger partial charge >= 0.3 is 0 Å². The highest BCUT2D eigenvalue weighted by molar-refractivity contribution is 5.95. The van der Waals surface area contributed by atoms with Gasteiger partial charge in [-0.25, -0.2) is 4.39 Å². The van der Waals surface area contributed by atoms with Gasteiger partial charge in [0.1, 0.15) is 11.6 Å². The highest BCUT2D eigenvalue weighted by atomic mass is 19.1. The molecule has 0 saturated carbocycles. The van der Waals surface area contributed by atoms with Gasteiger partial charge in [0, 0.05) is 13.1 Å². The normalized spacial score (nSPS) is 19.6. The number of nitrogens with two attached hydrogens (primary N) is 1. The van der Waals surface area contributed by atoms with Crippen LogP contribution in [0.2, 0.25) is 0 Å². The number of phenols is 1. The standard InChI is InChI=1S/C12H15FN2O2/c13-11-2-1-9(16)5-10(11)12(17)15-4-3-8(6-14)7-15/h1-2,5,8,16H,3-4,6-7,14H2/t8-/m1/s1. The number of likely N-dealkylation sites (tertiary alicyclic amines) is 1. The maximum atomic E-state index is 13.5. The molecule has 0 radical (unpaired) electrons. The molecule has 5 heteroatoms. The van der Waals surface area contributed by atoms with Crippen molar-refractivity contribution in [1.82, 2.24) is 4.90 Å². The van der Waals surface area contributed by atoms with Crippen LogP contribution < -0.4 is 5.73 Å². The minimum Gasteiger partial charge on any atom is -0.508 e. The molecule has 17 heavy (non-hydrogen) atoms. The summed E-state index contributed by atoms with van der Waals surface area (Å²) in [6, 6.07) is 3.48. The second-order valence-electron chi connectivity index (χ2n) is 4.31. The minimum absolute atomic E-state index is 0.0809. The molecule has 1 amide bonds. The predicted octanol–water partition coefficient (Wildman–Crippen LogP) is 0.952. The summed E-state index contributed by atoms with van der Waals surface area (Å²) in [7, 11) is 0. The molecular formula is C12H15FN2O2. The molecule has 1 fully saturated rings. The van der Waals surface area contributed by atoms with Crippen molar-refractivity contribution in [2.75, 3.05) is 19.6 Å². The molecule has 1 heterocycles. The predicted molar refractivity (Wildman–Crippen MR) is 61.1 cm³/mol. The van der Waals surface area contributed by atoms with Crippen molar-refractivity contribution in [2.24, 2.45) is 11.7 Å². The number of nitrogens with zero attached hydrogens (tertiary/aromatic N) is 1. The topological polar surface area (TPSA) is 66.6 Å². The molecule has 1 aliphatic heterocycles. The quantitative estimate of drug-likeness (QED) is 0.806. The Morgan fingerprint density at radius 1 is 1.59 bits per heavy atom. The van der Waals surface area contributed by atoms with E-state index >= 15 is 0 Å². The van der Waals surface area contributed by atoms with E-state index in [9.17, 15) is 14.3 Å². The van der Waals surface area contributed by atoms with Crippen LogP contribution in [0.3, 0.4) is 0 Å². The van der Waals surface area contributed by atoms with E-state index in [1.165, 1.54) is 6.07 Å². The molecule has 0 bridgehead atoms. The Bertz CT molecular complexity index is 437. The zero-order chi connectivity index (χ0) is 12.4. The summed E-state index contributed by atoms with van der Waals surface area (Å²) in [6.07, 6.45) is 0.850. The summed E-state index contributed by atoms with van der Waals surface area (Å²) in [5.74, 6) is -0.804. The molecule has 1 aromatic rings. The number of hydrogen-bond acceptors (Lipinski definition) is 3. The molecule has 0 aliphatic carbocycles. The summed E-state index contributed by atoms with van der Waals surface area (Å²) in [5.41, 5.74) is 5.46. The molecule has 92 valence electrons. The van der Waals surface area contributed by atoms with Crippen molar-refractivity contribution in [3.8, 4) is 5.75 Å². The average Bonchev–Trinajstić information content (AvgIpc) is 2.80. The summed E-state index contributed by atoms with van der Waals surface area (Å²) >= 11 is 0. The smallest absolute Gasteiger partial charge is 0.256 e. The van der Waals surface area contributed by atoms with Crippen LogP contribution in [0.1, 0.15) is 16.8 Å².